The molecule has 2 fully saturated rings. The van der Waals surface area contributed by atoms with Gasteiger partial charge in [0.2, 0.25) is 29.5 Å². The smallest absolute Gasteiger partial charge is 0.326 e. The highest BCUT2D eigenvalue weighted by molar-refractivity contribution is 5.98. The largest absolute Gasteiger partial charge is 0.481 e. The Morgan fingerprint density at radius 2 is 0.748 bits per heavy atom. The second kappa shape index (κ2) is 54.2. The molecule has 0 spiro atoms. The minimum atomic E-state index is -1.73. The van der Waals surface area contributed by atoms with Crippen LogP contribution < -0.4 is 37.2 Å². The van der Waals surface area contributed by atoms with Crippen LogP contribution in [0.4, 0.5) is 4.79 Å². The molecule has 3 aromatic heterocycles. The Balaban J connectivity index is 1.01. The van der Waals surface area contributed by atoms with Crippen molar-refractivity contribution in [3.63, 3.8) is 0 Å². The summed E-state index contributed by atoms with van der Waals surface area (Å²) >= 11 is 0. The number of hydrogen-bond donors (Lipinski definition) is 19. The molecule has 2 aliphatic rings. The summed E-state index contributed by atoms with van der Waals surface area (Å²) in [7, 11) is 0. The lowest BCUT2D eigenvalue weighted by molar-refractivity contribution is -0.141. The minimum absolute atomic E-state index is 0.00922. The van der Waals surface area contributed by atoms with Crippen LogP contribution in [-0.4, -0.2) is 330 Å². The van der Waals surface area contributed by atoms with E-state index in [9.17, 15) is 132 Å². The van der Waals surface area contributed by atoms with Crippen molar-refractivity contribution in [1.29, 1.82) is 0 Å². The summed E-state index contributed by atoms with van der Waals surface area (Å²) in [6, 6.07) is 4.13. The highest BCUT2D eigenvalue weighted by Crippen LogP contribution is 2.32. The van der Waals surface area contributed by atoms with Crippen molar-refractivity contribution in [2.75, 3.05) is 91.6 Å². The summed E-state index contributed by atoms with van der Waals surface area (Å²) < 4.78 is 0. The third kappa shape index (κ3) is 38.9. The maximum absolute atomic E-state index is 14.9. The molecule has 19 N–H and O–H groups in total. The number of aliphatic carboxylic acids is 9. The van der Waals surface area contributed by atoms with Gasteiger partial charge in [0.05, 0.1) is 98.1 Å². The van der Waals surface area contributed by atoms with Gasteiger partial charge in [-0.2, -0.15) is 0 Å². The number of carbonyl (C=O) groups is 19. The number of aromatic amines is 3. The van der Waals surface area contributed by atoms with Crippen LogP contribution in [0.15, 0.2) is 80.0 Å². The number of benzene rings is 2. The van der Waals surface area contributed by atoms with Gasteiger partial charge in [-0.05, 0) is 99.3 Å². The zero-order chi connectivity index (χ0) is 95.6. The van der Waals surface area contributed by atoms with Crippen LogP contribution in [0.1, 0.15) is 145 Å². The van der Waals surface area contributed by atoms with Crippen molar-refractivity contribution in [1.82, 2.24) is 86.7 Å². The standard InChI is InChI=1S/C86H117N17O28/c104-68(36-56(32-52-10-11-53-5-1-2-6-55(53)31-52)80(123)90-22-4-3-7-66(84(127)128)98-86(131)99-67(85(129)130)17-21-76(115)116)54-12-8-51(9-13-54)40-91-81(124)57(33-60-41-87-48-92-60)37-70(106)64(15-19-74(111)112)96-83(126)59(35-62-43-89-50-94-62)39-71(107)65(16-20-75(113)114)97-82(125)58(34-61-42-88-49-93-61)38-69(105)63(14-18-73(109)110)95-72(108)44-100-23-25-101(45-77(117)118)27-29-103(47-79(121)122)30-28-102(26-24-100)46-78(119)120/h1-2,5-6,10-11,31,41-43,48-51,54,56-59,63-67H,3-4,7-9,12-30,32-40,44-47H2,(H,87,92)(H,88,93)(H,89,94)(H,90,123)(H,91,124)(H,95,108)(H,96,126)(H,97,125)(H,109,110)(H,111,112)(H,113,114)(H,115,116)(H,117,118)(H,119,120)(H,121,122)(H,127,128)(H,129,130)(H2,98,99,131). The number of Topliss-reactive ketones (excluding diaryl/α,β-unsaturated/α-hetero) is 4. The number of fused-ring (bicyclic) bond motifs is 1. The normalized spacial score (nSPS) is 16.9. The average molecular weight is 1840 g/mol. The van der Waals surface area contributed by atoms with Gasteiger partial charge in [0, 0.05) is 167 Å². The molecule has 131 heavy (non-hydrogen) atoms. The number of carboxylic acid groups (broad SMARTS) is 9. The Hall–Kier alpha value is -13.3. The number of rotatable bonds is 58. The molecule has 45 heteroatoms. The molecule has 1 saturated carbocycles. The third-order valence-corrected chi connectivity index (χ3v) is 23.0. The molecule has 45 nitrogen and oxygen atoms in total. The number of urea groups is 1. The monoisotopic (exact) mass is 1840 g/mol. The topological polar surface area (TPSA) is 690 Å². The Bertz CT molecular complexity index is 4680. The van der Waals surface area contributed by atoms with E-state index in [0.29, 0.717) is 31.4 Å². The highest BCUT2D eigenvalue weighted by Gasteiger charge is 2.38. The van der Waals surface area contributed by atoms with Crippen LogP contribution in [0.2, 0.25) is 0 Å². The molecule has 9 unspecified atom stereocenters. The second-order valence-electron chi connectivity index (χ2n) is 33.1. The maximum atomic E-state index is 14.9. The fourth-order valence-electron chi connectivity index (χ4n) is 15.8. The molecular formula is C86H117N17O28. The Morgan fingerprint density at radius 1 is 0.374 bits per heavy atom. The van der Waals surface area contributed by atoms with Gasteiger partial charge in [-0.3, -0.25) is 96.3 Å². The van der Waals surface area contributed by atoms with Crippen molar-refractivity contribution >= 4 is 123 Å². The first-order valence-corrected chi connectivity index (χ1v) is 43.3. The number of unbranched alkanes of at least 4 members (excludes halogenated alkanes) is 1. The van der Waals surface area contributed by atoms with E-state index < -0.39 is 263 Å². The molecule has 0 bridgehead atoms. The van der Waals surface area contributed by atoms with Crippen molar-refractivity contribution in [2.45, 2.75) is 178 Å². The molecule has 1 aliphatic carbocycles. The highest BCUT2D eigenvalue weighted by atomic mass is 16.4. The zero-order valence-electron chi connectivity index (χ0n) is 72.4. The molecule has 7 amide bonds. The van der Waals surface area contributed by atoms with E-state index in [1.165, 1.54) is 52.3 Å². The summed E-state index contributed by atoms with van der Waals surface area (Å²) in [4.78, 5) is 278. The fourth-order valence-corrected chi connectivity index (χ4v) is 15.8. The van der Waals surface area contributed by atoms with E-state index in [-0.39, 0.29) is 140 Å². The van der Waals surface area contributed by atoms with Crippen molar-refractivity contribution < 1.29 is 137 Å². The Labute approximate surface area is 751 Å². The van der Waals surface area contributed by atoms with Gasteiger partial charge >= 0.3 is 59.8 Å². The number of aromatic nitrogens is 6. The van der Waals surface area contributed by atoms with Gasteiger partial charge in [0.1, 0.15) is 17.9 Å². The van der Waals surface area contributed by atoms with Crippen LogP contribution in [-0.2, 0) is 112 Å². The molecule has 714 valence electrons. The molecule has 9 atom stereocenters. The lowest BCUT2D eigenvalue weighted by atomic mass is 9.77. The number of hydrogen-bond acceptors (Lipinski definition) is 26. The first kappa shape index (κ1) is 105. The number of carbonyl (C=O) groups excluding carboxylic acids is 10. The van der Waals surface area contributed by atoms with E-state index >= 15 is 0 Å². The summed E-state index contributed by atoms with van der Waals surface area (Å²) in [5.41, 5.74) is 1.53. The molecule has 1 aliphatic heterocycles. The maximum Gasteiger partial charge on any atom is 0.326 e. The predicted octanol–water partition coefficient (Wildman–Crippen LogP) is 0.385. The SMILES string of the molecule is O=C(O)CCC(NC(=O)NC(CCCCNC(=O)C(CC(=O)C1CCC(CNC(=O)C(CC(=O)C(CCC(=O)O)NC(=O)C(CC(=O)C(CCC(=O)O)NC(=O)C(CC(=O)C(CCC(=O)O)NC(=O)CN2CCN(CC(=O)O)CCN(CC(=O)O)CCN(CC(=O)O)CC2)Cc2c[nH]cn2)Cc2c[nH]cn2)Cc2c[nH]cn2)CC1)Cc1ccc2ccccc2c1)C(=O)O)C(=O)O. The fraction of sp³-hybridized carbons (Fsp3) is 0.558. The molecule has 1 saturated heterocycles. The molecule has 4 heterocycles. The van der Waals surface area contributed by atoms with E-state index in [0.717, 1.165) is 16.3 Å². The van der Waals surface area contributed by atoms with E-state index in [1.807, 2.05) is 42.5 Å². The molecule has 5 aromatic rings. The van der Waals surface area contributed by atoms with Crippen molar-refractivity contribution in [2.24, 2.45) is 35.5 Å². The van der Waals surface area contributed by atoms with Gasteiger partial charge in [-0.15, -0.1) is 0 Å². The molecular weight excluding hydrogens is 1720 g/mol. The number of carboxylic acids is 9. The van der Waals surface area contributed by atoms with E-state index in [1.54, 1.807) is 4.90 Å². The van der Waals surface area contributed by atoms with Crippen molar-refractivity contribution in [3.8, 4) is 0 Å². The van der Waals surface area contributed by atoms with Gasteiger partial charge in [-0.25, -0.2) is 29.3 Å². The van der Waals surface area contributed by atoms with Crippen LogP contribution >= 0.6 is 0 Å². The number of H-pyrrole nitrogens is 3. The second-order valence-corrected chi connectivity index (χ2v) is 33.1. The summed E-state index contributed by atoms with van der Waals surface area (Å²) in [6.07, 6.45) is 2.41. The lowest BCUT2D eigenvalue weighted by Gasteiger charge is -2.33. The Kier molecular flexibility index (Phi) is 43.4. The van der Waals surface area contributed by atoms with Gasteiger partial charge in [0.15, 0.2) is 17.3 Å². The van der Waals surface area contributed by atoms with Gasteiger partial charge in [-0.1, -0.05) is 42.5 Å². The number of nitrogens with zero attached hydrogens (tertiary/aromatic N) is 7. The first-order chi connectivity index (χ1) is 62.4. The first-order valence-electron chi connectivity index (χ1n) is 43.3. The molecule has 0 radical (unpaired) electrons. The van der Waals surface area contributed by atoms with E-state index in [4.69, 9.17) is 5.11 Å². The lowest BCUT2D eigenvalue weighted by Crippen LogP contribution is -2.51. The Morgan fingerprint density at radius 3 is 1.15 bits per heavy atom. The predicted molar refractivity (Wildman–Crippen MR) is 459 cm³/mol. The molecule has 7 rings (SSSR count). The molecule has 2 aromatic carbocycles. The van der Waals surface area contributed by atoms with E-state index in [2.05, 4.69) is 67.1 Å². The number of imidazole rings is 3. The number of nitrogens with one attached hydrogen (secondary N) is 10. The zero-order valence-corrected chi connectivity index (χ0v) is 72.4. The number of amides is 7. The van der Waals surface area contributed by atoms with Crippen LogP contribution in [0.5, 0.6) is 0 Å². The van der Waals surface area contributed by atoms with Crippen LogP contribution in [0.25, 0.3) is 10.8 Å². The van der Waals surface area contributed by atoms with Crippen LogP contribution in [0.3, 0.4) is 0 Å². The van der Waals surface area contributed by atoms with Gasteiger partial charge in [0.25, 0.3) is 0 Å². The van der Waals surface area contributed by atoms with Gasteiger partial charge < -0.3 is 98.1 Å². The summed E-state index contributed by atoms with van der Waals surface area (Å²) in [6.45, 7) is -1.41. The average Bonchev–Trinajstić information content (AvgIpc) is 1.79. The summed E-state index contributed by atoms with van der Waals surface area (Å²) in [5.74, 6) is -24.4. The quantitative estimate of drug-likeness (QED) is 0.0234. The van der Waals surface area contributed by atoms with Crippen molar-refractivity contribution in [3.05, 3.63) is 103 Å². The summed E-state index contributed by atoms with van der Waals surface area (Å²) in [5, 5.41) is 107. The van der Waals surface area contributed by atoms with Crippen LogP contribution in [0, 0.1) is 35.5 Å². The minimum Gasteiger partial charge on any atom is -0.481 e. The third-order valence-electron chi connectivity index (χ3n) is 23.0. The number of ketones is 4.